The fourth-order valence-electron chi connectivity index (χ4n) is 1.49. The van der Waals surface area contributed by atoms with Gasteiger partial charge in [-0.3, -0.25) is 4.79 Å². The van der Waals surface area contributed by atoms with E-state index in [2.05, 4.69) is 12.2 Å². The van der Waals surface area contributed by atoms with Crippen molar-refractivity contribution in [1.29, 1.82) is 0 Å². The van der Waals surface area contributed by atoms with Crippen LogP contribution in [0.3, 0.4) is 0 Å². The average Bonchev–Trinajstić information content (AvgIpc) is 2.31. The van der Waals surface area contributed by atoms with E-state index in [1.165, 1.54) is 0 Å². The third kappa shape index (κ3) is 3.35. The van der Waals surface area contributed by atoms with Gasteiger partial charge in [0, 0.05) is 6.04 Å². The first-order chi connectivity index (χ1) is 5.88. The second-order valence-corrected chi connectivity index (χ2v) is 4.73. The summed E-state index contributed by atoms with van der Waals surface area (Å²) in [6, 6.07) is 0.353. The van der Waals surface area contributed by atoms with Crippen LogP contribution in [0.15, 0.2) is 0 Å². The summed E-state index contributed by atoms with van der Waals surface area (Å²) < 4.78 is 5.27. The zero-order valence-electron chi connectivity index (χ0n) is 8.89. The van der Waals surface area contributed by atoms with E-state index in [0.717, 1.165) is 12.8 Å². The van der Waals surface area contributed by atoms with Crippen LogP contribution in [0.25, 0.3) is 0 Å². The first-order valence-corrected chi connectivity index (χ1v) is 4.87. The molecule has 0 saturated carbocycles. The smallest absolute Gasteiger partial charge is 0.323 e. The third-order valence-corrected chi connectivity index (χ3v) is 2.07. The van der Waals surface area contributed by atoms with Crippen LogP contribution in [0.1, 0.15) is 40.5 Å². The maximum Gasteiger partial charge on any atom is 0.323 e. The molecule has 1 saturated heterocycles. The Hall–Kier alpha value is -0.570. The Bertz CT molecular complexity index is 196. The van der Waals surface area contributed by atoms with Crippen LogP contribution in [0.5, 0.6) is 0 Å². The lowest BCUT2D eigenvalue weighted by Crippen LogP contribution is -2.39. The van der Waals surface area contributed by atoms with Gasteiger partial charge in [0.2, 0.25) is 0 Å². The van der Waals surface area contributed by atoms with Crippen molar-refractivity contribution >= 4 is 5.97 Å². The maximum absolute atomic E-state index is 11.5. The molecule has 1 fully saturated rings. The van der Waals surface area contributed by atoms with Gasteiger partial charge >= 0.3 is 5.97 Å². The quantitative estimate of drug-likeness (QED) is 0.629. The number of nitrogens with one attached hydrogen (secondary N) is 1. The molecule has 0 aromatic heterocycles. The van der Waals surface area contributed by atoms with E-state index in [-0.39, 0.29) is 17.6 Å². The predicted molar refractivity (Wildman–Crippen MR) is 51.5 cm³/mol. The van der Waals surface area contributed by atoms with Crippen LogP contribution in [0.2, 0.25) is 0 Å². The van der Waals surface area contributed by atoms with Gasteiger partial charge in [-0.05, 0) is 40.5 Å². The molecule has 13 heavy (non-hydrogen) atoms. The summed E-state index contributed by atoms with van der Waals surface area (Å²) in [5.41, 5.74) is -0.370. The van der Waals surface area contributed by atoms with Crippen molar-refractivity contribution in [2.45, 2.75) is 58.2 Å². The SMILES string of the molecule is CC1CCC(C(=O)OC(C)(C)C)N1. The minimum Gasteiger partial charge on any atom is -0.459 e. The van der Waals surface area contributed by atoms with E-state index in [0.29, 0.717) is 6.04 Å². The lowest BCUT2D eigenvalue weighted by molar-refractivity contribution is -0.157. The van der Waals surface area contributed by atoms with Crippen molar-refractivity contribution in [3.8, 4) is 0 Å². The Morgan fingerprint density at radius 1 is 1.38 bits per heavy atom. The van der Waals surface area contributed by atoms with Crippen molar-refractivity contribution in [2.75, 3.05) is 0 Å². The highest BCUT2D eigenvalue weighted by molar-refractivity contribution is 5.76. The summed E-state index contributed by atoms with van der Waals surface area (Å²) in [6.45, 7) is 7.76. The first-order valence-electron chi connectivity index (χ1n) is 4.87. The number of ether oxygens (including phenoxy) is 1. The lowest BCUT2D eigenvalue weighted by atomic mass is 10.1. The van der Waals surface area contributed by atoms with Gasteiger partial charge < -0.3 is 10.1 Å². The molecule has 0 aromatic rings. The molecule has 1 heterocycles. The number of hydrogen-bond donors (Lipinski definition) is 1. The average molecular weight is 185 g/mol. The highest BCUT2D eigenvalue weighted by Crippen LogP contribution is 2.16. The number of esters is 1. The summed E-state index contributed by atoms with van der Waals surface area (Å²) in [5.74, 6) is -0.114. The standard InChI is InChI=1S/C10H19NO2/c1-7-5-6-8(11-7)9(12)13-10(2,3)4/h7-8,11H,5-6H2,1-4H3. The van der Waals surface area contributed by atoms with Crippen molar-refractivity contribution in [3.63, 3.8) is 0 Å². The lowest BCUT2D eigenvalue weighted by Gasteiger charge is -2.22. The summed E-state index contributed by atoms with van der Waals surface area (Å²) in [4.78, 5) is 11.5. The normalized spacial score (nSPS) is 28.9. The zero-order valence-corrected chi connectivity index (χ0v) is 8.89. The van der Waals surface area contributed by atoms with Crippen LogP contribution in [0.4, 0.5) is 0 Å². The fraction of sp³-hybridized carbons (Fsp3) is 0.900. The van der Waals surface area contributed by atoms with Crippen molar-refractivity contribution in [1.82, 2.24) is 5.32 Å². The van der Waals surface area contributed by atoms with Crippen LogP contribution >= 0.6 is 0 Å². The van der Waals surface area contributed by atoms with Crippen LogP contribution in [-0.2, 0) is 9.53 Å². The Morgan fingerprint density at radius 3 is 2.38 bits per heavy atom. The number of carbonyl (C=O) groups excluding carboxylic acids is 1. The molecule has 0 amide bonds. The van der Waals surface area contributed by atoms with Gasteiger partial charge in [0.1, 0.15) is 11.6 Å². The second-order valence-electron chi connectivity index (χ2n) is 4.73. The molecule has 76 valence electrons. The summed E-state index contributed by atoms with van der Waals surface area (Å²) >= 11 is 0. The van der Waals surface area contributed by atoms with E-state index in [4.69, 9.17) is 4.74 Å². The second kappa shape index (κ2) is 3.66. The number of rotatable bonds is 1. The Kier molecular flexibility index (Phi) is 2.96. The Morgan fingerprint density at radius 2 is 2.00 bits per heavy atom. The molecular formula is C10H19NO2. The molecule has 2 atom stereocenters. The van der Waals surface area contributed by atoms with E-state index in [9.17, 15) is 4.79 Å². The molecule has 0 spiro atoms. The highest BCUT2D eigenvalue weighted by atomic mass is 16.6. The minimum absolute atomic E-state index is 0.0887. The van der Waals surface area contributed by atoms with Gasteiger partial charge in [0.15, 0.2) is 0 Å². The number of carbonyl (C=O) groups is 1. The molecule has 3 nitrogen and oxygen atoms in total. The Balaban J connectivity index is 2.41. The van der Waals surface area contributed by atoms with Crippen molar-refractivity contribution in [2.24, 2.45) is 0 Å². The molecule has 1 aliphatic heterocycles. The van der Waals surface area contributed by atoms with E-state index in [1.54, 1.807) is 0 Å². The number of hydrogen-bond acceptors (Lipinski definition) is 3. The molecule has 0 aliphatic carbocycles. The van der Waals surface area contributed by atoms with Gasteiger partial charge in [-0.25, -0.2) is 0 Å². The summed E-state index contributed by atoms with van der Waals surface area (Å²) in [6.07, 6.45) is 1.96. The van der Waals surface area contributed by atoms with E-state index >= 15 is 0 Å². The molecule has 0 bridgehead atoms. The van der Waals surface area contributed by atoms with Crippen LogP contribution in [0, 0.1) is 0 Å². The van der Waals surface area contributed by atoms with Crippen molar-refractivity contribution in [3.05, 3.63) is 0 Å². The topological polar surface area (TPSA) is 38.3 Å². The minimum atomic E-state index is -0.370. The first kappa shape index (κ1) is 10.5. The molecule has 3 heteroatoms. The molecule has 0 radical (unpaired) electrons. The third-order valence-electron chi connectivity index (χ3n) is 2.07. The highest BCUT2D eigenvalue weighted by Gasteiger charge is 2.30. The van der Waals surface area contributed by atoms with Gasteiger partial charge in [0.05, 0.1) is 0 Å². The molecule has 2 unspecified atom stereocenters. The summed E-state index contributed by atoms with van der Waals surface area (Å²) in [7, 11) is 0. The van der Waals surface area contributed by atoms with Crippen molar-refractivity contribution < 1.29 is 9.53 Å². The fourth-order valence-corrected chi connectivity index (χ4v) is 1.49. The van der Waals surface area contributed by atoms with Crippen LogP contribution in [-0.4, -0.2) is 23.7 Å². The van der Waals surface area contributed by atoms with E-state index in [1.807, 2.05) is 20.8 Å². The van der Waals surface area contributed by atoms with Gasteiger partial charge in [-0.2, -0.15) is 0 Å². The van der Waals surface area contributed by atoms with Gasteiger partial charge in [-0.15, -0.1) is 0 Å². The zero-order chi connectivity index (χ0) is 10.1. The molecular weight excluding hydrogens is 166 g/mol. The summed E-state index contributed by atoms with van der Waals surface area (Å²) in [5, 5.41) is 3.20. The molecule has 1 aliphatic rings. The maximum atomic E-state index is 11.5. The van der Waals surface area contributed by atoms with Crippen LogP contribution < -0.4 is 5.32 Å². The van der Waals surface area contributed by atoms with E-state index < -0.39 is 0 Å². The molecule has 1 N–H and O–H groups in total. The Labute approximate surface area is 79.8 Å². The molecule has 1 rings (SSSR count). The van der Waals surface area contributed by atoms with Gasteiger partial charge in [0.25, 0.3) is 0 Å². The molecule has 0 aromatic carbocycles. The van der Waals surface area contributed by atoms with Gasteiger partial charge in [-0.1, -0.05) is 0 Å². The largest absolute Gasteiger partial charge is 0.459 e. The predicted octanol–water partition coefficient (Wildman–Crippen LogP) is 1.47. The monoisotopic (exact) mass is 185 g/mol.